The molecule has 1 fully saturated rings. The highest BCUT2D eigenvalue weighted by Gasteiger charge is 2.17. The zero-order valence-electron chi connectivity index (χ0n) is 11.1. The van der Waals surface area contributed by atoms with E-state index in [1.807, 2.05) is 0 Å². The molecule has 2 N–H and O–H groups in total. The van der Waals surface area contributed by atoms with Crippen molar-refractivity contribution in [3.05, 3.63) is 28.8 Å². The van der Waals surface area contributed by atoms with Crippen molar-refractivity contribution in [1.82, 2.24) is 10.2 Å². The molecule has 0 aromatic heterocycles. The summed E-state index contributed by atoms with van der Waals surface area (Å²) in [6.45, 7) is 6.42. The molecule has 0 amide bonds. The van der Waals surface area contributed by atoms with Crippen molar-refractivity contribution >= 4 is 0 Å². The monoisotopic (exact) mass is 270 g/mol. The Balaban J connectivity index is 2.06. The van der Waals surface area contributed by atoms with E-state index in [0.717, 1.165) is 38.3 Å². The normalized spacial score (nSPS) is 17.1. The number of alkyl halides is 2. The van der Waals surface area contributed by atoms with E-state index in [0.29, 0.717) is 12.0 Å². The summed E-state index contributed by atoms with van der Waals surface area (Å²) in [5.74, 6) is -0.240. The second-order valence-corrected chi connectivity index (χ2v) is 5.00. The molecule has 0 atom stereocenters. The second-order valence-electron chi connectivity index (χ2n) is 5.00. The Morgan fingerprint density at radius 3 is 2.63 bits per heavy atom. The fraction of sp³-hybridized carbons (Fsp3) is 0.571. The first-order chi connectivity index (χ1) is 9.08. The van der Waals surface area contributed by atoms with Crippen molar-refractivity contribution in [3.8, 4) is 5.75 Å². The molecule has 0 spiro atoms. The highest BCUT2D eigenvalue weighted by atomic mass is 19.3. The van der Waals surface area contributed by atoms with Crippen LogP contribution in [-0.2, 0) is 6.42 Å². The predicted octanol–water partition coefficient (Wildman–Crippen LogP) is 2.09. The van der Waals surface area contributed by atoms with Crippen LogP contribution in [-0.4, -0.2) is 42.7 Å². The zero-order chi connectivity index (χ0) is 13.8. The van der Waals surface area contributed by atoms with E-state index >= 15 is 0 Å². The van der Waals surface area contributed by atoms with Crippen molar-refractivity contribution in [2.45, 2.75) is 19.8 Å². The van der Waals surface area contributed by atoms with Crippen LogP contribution in [0, 0.1) is 6.92 Å². The first-order valence-electron chi connectivity index (χ1n) is 6.61. The van der Waals surface area contributed by atoms with Gasteiger partial charge in [-0.3, -0.25) is 0 Å². The van der Waals surface area contributed by atoms with Gasteiger partial charge < -0.3 is 15.3 Å². The van der Waals surface area contributed by atoms with Gasteiger partial charge in [0.25, 0.3) is 6.43 Å². The van der Waals surface area contributed by atoms with Crippen LogP contribution in [0.3, 0.4) is 0 Å². The van der Waals surface area contributed by atoms with Gasteiger partial charge in [0.05, 0.1) is 5.56 Å². The van der Waals surface area contributed by atoms with E-state index in [-0.39, 0.29) is 11.3 Å². The number of benzene rings is 1. The van der Waals surface area contributed by atoms with Crippen LogP contribution in [0.25, 0.3) is 0 Å². The first kappa shape index (κ1) is 14.2. The van der Waals surface area contributed by atoms with Crippen LogP contribution in [0.4, 0.5) is 8.78 Å². The minimum atomic E-state index is -2.63. The van der Waals surface area contributed by atoms with Gasteiger partial charge in [0, 0.05) is 32.7 Å². The molecule has 0 unspecified atom stereocenters. The number of hydrogen-bond acceptors (Lipinski definition) is 3. The average Bonchev–Trinajstić information content (AvgIpc) is 2.40. The fourth-order valence-electron chi connectivity index (χ4n) is 2.45. The average molecular weight is 270 g/mol. The number of nitrogens with one attached hydrogen (secondary N) is 1. The molecule has 1 heterocycles. The van der Waals surface area contributed by atoms with Crippen LogP contribution in [0.5, 0.6) is 5.75 Å². The standard InChI is InChI=1S/C14H20F2N2O/c1-10-8-11(13(19)12(9-10)14(15)16)2-5-18-6-3-17-4-7-18/h8-9,14,17,19H,2-7H2,1H3. The summed E-state index contributed by atoms with van der Waals surface area (Å²) in [5.41, 5.74) is 1.13. The van der Waals surface area contributed by atoms with Crippen LogP contribution in [0.15, 0.2) is 12.1 Å². The Kier molecular flexibility index (Phi) is 4.71. The molecule has 1 aromatic carbocycles. The molecule has 5 heteroatoms. The van der Waals surface area contributed by atoms with Crippen molar-refractivity contribution in [2.24, 2.45) is 0 Å². The number of nitrogens with zero attached hydrogens (tertiary/aromatic N) is 1. The van der Waals surface area contributed by atoms with Gasteiger partial charge in [-0.25, -0.2) is 8.78 Å². The first-order valence-corrected chi connectivity index (χ1v) is 6.61. The number of halogens is 2. The largest absolute Gasteiger partial charge is 0.507 e. The maximum atomic E-state index is 12.8. The van der Waals surface area contributed by atoms with Crippen LogP contribution < -0.4 is 5.32 Å². The minimum Gasteiger partial charge on any atom is -0.507 e. The topological polar surface area (TPSA) is 35.5 Å². The number of phenolic OH excluding ortho intramolecular Hbond substituents is 1. The molecule has 1 aliphatic heterocycles. The highest BCUT2D eigenvalue weighted by Crippen LogP contribution is 2.32. The molecular weight excluding hydrogens is 250 g/mol. The third-order valence-electron chi connectivity index (χ3n) is 3.50. The lowest BCUT2D eigenvalue weighted by molar-refractivity contribution is 0.147. The predicted molar refractivity (Wildman–Crippen MR) is 70.8 cm³/mol. The van der Waals surface area contributed by atoms with Gasteiger partial charge >= 0.3 is 0 Å². The summed E-state index contributed by atoms with van der Waals surface area (Å²) >= 11 is 0. The van der Waals surface area contributed by atoms with Gasteiger partial charge in [0.15, 0.2) is 0 Å². The lowest BCUT2D eigenvalue weighted by Gasteiger charge is -2.27. The van der Waals surface area contributed by atoms with Gasteiger partial charge in [-0.15, -0.1) is 0 Å². The molecule has 0 bridgehead atoms. The number of piperazine rings is 1. The van der Waals surface area contributed by atoms with Gasteiger partial charge in [0.2, 0.25) is 0 Å². The number of rotatable bonds is 4. The molecule has 19 heavy (non-hydrogen) atoms. The molecule has 1 aliphatic rings. The fourth-order valence-corrected chi connectivity index (χ4v) is 2.45. The lowest BCUT2D eigenvalue weighted by atomic mass is 10.0. The van der Waals surface area contributed by atoms with Crippen LogP contribution in [0.2, 0.25) is 0 Å². The minimum absolute atomic E-state index is 0.240. The summed E-state index contributed by atoms with van der Waals surface area (Å²) in [6.07, 6.45) is -2.02. The molecule has 0 saturated carbocycles. The van der Waals surface area contributed by atoms with E-state index in [9.17, 15) is 13.9 Å². The van der Waals surface area contributed by atoms with Crippen LogP contribution in [0.1, 0.15) is 23.1 Å². The molecule has 1 aromatic rings. The molecule has 0 radical (unpaired) electrons. The summed E-state index contributed by atoms with van der Waals surface area (Å²) in [5, 5.41) is 13.2. The van der Waals surface area contributed by atoms with Crippen molar-refractivity contribution in [1.29, 1.82) is 0 Å². The quantitative estimate of drug-likeness (QED) is 0.879. The maximum absolute atomic E-state index is 12.8. The molecule has 0 aliphatic carbocycles. The van der Waals surface area contributed by atoms with Gasteiger partial charge in [0.1, 0.15) is 5.75 Å². The molecule has 2 rings (SSSR count). The molecule has 1 saturated heterocycles. The van der Waals surface area contributed by atoms with E-state index in [1.54, 1.807) is 13.0 Å². The Labute approximate surface area is 112 Å². The van der Waals surface area contributed by atoms with E-state index in [1.165, 1.54) is 6.07 Å². The maximum Gasteiger partial charge on any atom is 0.267 e. The Bertz CT molecular complexity index is 432. The molecule has 106 valence electrons. The second kappa shape index (κ2) is 6.30. The zero-order valence-corrected chi connectivity index (χ0v) is 11.1. The van der Waals surface area contributed by atoms with E-state index < -0.39 is 6.43 Å². The summed E-state index contributed by atoms with van der Waals surface area (Å²) in [7, 11) is 0. The summed E-state index contributed by atoms with van der Waals surface area (Å²) in [4.78, 5) is 2.28. The third-order valence-corrected chi connectivity index (χ3v) is 3.50. The van der Waals surface area contributed by atoms with Crippen molar-refractivity contribution in [3.63, 3.8) is 0 Å². The smallest absolute Gasteiger partial charge is 0.267 e. The summed E-state index contributed by atoms with van der Waals surface area (Å²) in [6, 6.07) is 3.15. The van der Waals surface area contributed by atoms with Gasteiger partial charge in [-0.2, -0.15) is 0 Å². The van der Waals surface area contributed by atoms with Crippen molar-refractivity contribution < 1.29 is 13.9 Å². The highest BCUT2D eigenvalue weighted by molar-refractivity contribution is 5.44. The molecule has 3 nitrogen and oxygen atoms in total. The summed E-state index contributed by atoms with van der Waals surface area (Å²) < 4.78 is 25.6. The SMILES string of the molecule is Cc1cc(CCN2CCNCC2)c(O)c(C(F)F)c1. The van der Waals surface area contributed by atoms with E-state index in [2.05, 4.69) is 10.2 Å². The third kappa shape index (κ3) is 3.64. The van der Waals surface area contributed by atoms with Crippen LogP contribution >= 0.6 is 0 Å². The number of phenols is 1. The molecular formula is C14H20F2N2O. The van der Waals surface area contributed by atoms with E-state index in [4.69, 9.17) is 0 Å². The Hall–Kier alpha value is -1.20. The number of aromatic hydroxyl groups is 1. The van der Waals surface area contributed by atoms with Gasteiger partial charge in [-0.05, 0) is 25.0 Å². The number of aryl methyl sites for hydroxylation is 1. The van der Waals surface area contributed by atoms with Gasteiger partial charge in [-0.1, -0.05) is 11.6 Å². The number of hydrogen-bond donors (Lipinski definition) is 2. The Morgan fingerprint density at radius 2 is 2.00 bits per heavy atom. The lowest BCUT2D eigenvalue weighted by Crippen LogP contribution is -2.44. The Morgan fingerprint density at radius 1 is 1.32 bits per heavy atom. The van der Waals surface area contributed by atoms with Crippen molar-refractivity contribution in [2.75, 3.05) is 32.7 Å².